The summed E-state index contributed by atoms with van der Waals surface area (Å²) in [5.41, 5.74) is 6.01. The van der Waals surface area contributed by atoms with Crippen molar-refractivity contribution in [1.82, 2.24) is 4.98 Å². The average Bonchev–Trinajstić information content (AvgIpc) is 2.97. The number of nitrogens with zero attached hydrogens (tertiary/aromatic N) is 1. The Morgan fingerprint density at radius 1 is 1.13 bits per heavy atom. The van der Waals surface area contributed by atoms with Gasteiger partial charge in [-0.25, -0.2) is 4.98 Å². The summed E-state index contributed by atoms with van der Waals surface area (Å²) >= 11 is 1.76. The number of anilines is 2. The van der Waals surface area contributed by atoms with Crippen molar-refractivity contribution in [2.24, 2.45) is 0 Å². The van der Waals surface area contributed by atoms with E-state index in [2.05, 4.69) is 48.6 Å². The van der Waals surface area contributed by atoms with E-state index in [4.69, 9.17) is 9.72 Å². The maximum atomic E-state index is 5.33. The molecule has 0 spiro atoms. The van der Waals surface area contributed by atoms with Gasteiger partial charge in [-0.05, 0) is 61.2 Å². The lowest BCUT2D eigenvalue weighted by Crippen LogP contribution is -2.02. The molecule has 3 aromatic rings. The van der Waals surface area contributed by atoms with Gasteiger partial charge in [0.1, 0.15) is 5.75 Å². The van der Waals surface area contributed by atoms with E-state index >= 15 is 0 Å². The van der Waals surface area contributed by atoms with E-state index < -0.39 is 0 Å². The Bertz CT molecular complexity index is 870. The Hall–Kier alpha value is -2.33. The molecule has 1 N–H and O–H groups in total. The number of aromatic nitrogens is 1. The highest BCUT2D eigenvalue weighted by Crippen LogP contribution is 2.40. The van der Waals surface area contributed by atoms with Crippen LogP contribution in [0.3, 0.4) is 0 Å². The molecule has 0 fully saturated rings. The number of thiazole rings is 1. The molecule has 1 aliphatic carbocycles. The van der Waals surface area contributed by atoms with Gasteiger partial charge in [-0.3, -0.25) is 0 Å². The normalized spacial score (nSPS) is 12.4. The smallest absolute Gasteiger partial charge is 0.187 e. The minimum absolute atomic E-state index is 0.917. The zero-order chi connectivity index (χ0) is 15.8. The lowest BCUT2D eigenvalue weighted by atomic mass is 9.93. The van der Waals surface area contributed by atoms with Gasteiger partial charge in [0.15, 0.2) is 5.13 Å². The first-order chi connectivity index (χ1) is 11.2. The van der Waals surface area contributed by atoms with Gasteiger partial charge in [0, 0.05) is 16.1 Å². The highest BCUT2D eigenvalue weighted by Gasteiger charge is 2.21. The summed E-state index contributed by atoms with van der Waals surface area (Å²) in [6, 6.07) is 14.6. The van der Waals surface area contributed by atoms with Crippen LogP contribution in [0, 0.1) is 6.92 Å². The van der Waals surface area contributed by atoms with Crippen LogP contribution >= 0.6 is 11.3 Å². The van der Waals surface area contributed by atoms with Crippen LogP contribution in [0.25, 0.3) is 11.3 Å². The second-order valence-electron chi connectivity index (χ2n) is 5.81. The van der Waals surface area contributed by atoms with Crippen molar-refractivity contribution in [2.75, 3.05) is 12.4 Å². The van der Waals surface area contributed by atoms with Gasteiger partial charge in [-0.2, -0.15) is 0 Å². The second kappa shape index (κ2) is 5.70. The molecule has 23 heavy (non-hydrogen) atoms. The monoisotopic (exact) mass is 322 g/mol. The lowest BCUT2D eigenvalue weighted by molar-refractivity contribution is 0.414. The van der Waals surface area contributed by atoms with Crippen LogP contribution in [0.1, 0.15) is 16.0 Å². The number of methoxy groups -OCH3 is 1. The van der Waals surface area contributed by atoms with Gasteiger partial charge in [-0.1, -0.05) is 12.1 Å². The van der Waals surface area contributed by atoms with Gasteiger partial charge in [0.25, 0.3) is 0 Å². The Balaban J connectivity index is 1.68. The van der Waals surface area contributed by atoms with Crippen molar-refractivity contribution in [3.63, 3.8) is 0 Å². The standard InChI is InChI=1S/C19H18N2OS/c1-12-4-3-5-14(10-12)20-19-21-18-16-8-7-15(22-2)11-13(16)6-9-17(18)23-19/h3-5,7-8,10-11H,6,9H2,1-2H3,(H,20,21). The van der Waals surface area contributed by atoms with Crippen molar-refractivity contribution in [3.8, 4) is 17.0 Å². The molecule has 0 saturated carbocycles. The number of ether oxygens (including phenoxy) is 1. The van der Waals surface area contributed by atoms with Crippen molar-refractivity contribution < 1.29 is 4.74 Å². The summed E-state index contributed by atoms with van der Waals surface area (Å²) in [5.74, 6) is 0.917. The minimum Gasteiger partial charge on any atom is -0.497 e. The zero-order valence-electron chi connectivity index (χ0n) is 13.2. The van der Waals surface area contributed by atoms with Crippen LogP contribution in [0.5, 0.6) is 5.75 Å². The summed E-state index contributed by atoms with van der Waals surface area (Å²) in [7, 11) is 1.71. The molecule has 2 aromatic carbocycles. The zero-order valence-corrected chi connectivity index (χ0v) is 14.0. The molecule has 0 atom stereocenters. The molecule has 0 aliphatic heterocycles. The molecule has 0 amide bonds. The van der Waals surface area contributed by atoms with E-state index in [-0.39, 0.29) is 0 Å². The van der Waals surface area contributed by atoms with Gasteiger partial charge in [0.05, 0.1) is 12.8 Å². The molecule has 4 rings (SSSR count). The molecule has 1 heterocycles. The predicted octanol–water partition coefficient (Wildman–Crippen LogP) is 4.97. The molecule has 1 aliphatic rings. The quantitative estimate of drug-likeness (QED) is 0.739. The molecule has 116 valence electrons. The van der Waals surface area contributed by atoms with E-state index in [1.807, 2.05) is 6.07 Å². The third-order valence-corrected chi connectivity index (χ3v) is 5.19. The lowest BCUT2D eigenvalue weighted by Gasteiger charge is -2.15. The highest BCUT2D eigenvalue weighted by molar-refractivity contribution is 7.16. The topological polar surface area (TPSA) is 34.1 Å². The molecule has 0 radical (unpaired) electrons. The SMILES string of the molecule is COc1ccc2c(c1)CCc1sc(Nc3cccc(C)c3)nc1-2. The third-order valence-electron chi connectivity index (χ3n) is 4.16. The van der Waals surface area contributed by atoms with Crippen molar-refractivity contribution in [2.45, 2.75) is 19.8 Å². The minimum atomic E-state index is 0.917. The fourth-order valence-electron chi connectivity index (χ4n) is 3.01. The Morgan fingerprint density at radius 2 is 2.04 bits per heavy atom. The van der Waals surface area contributed by atoms with Crippen molar-refractivity contribution >= 4 is 22.2 Å². The Labute approximate surface area is 140 Å². The van der Waals surface area contributed by atoms with Crippen molar-refractivity contribution in [1.29, 1.82) is 0 Å². The first kappa shape index (κ1) is 14.3. The summed E-state index contributed by atoms with van der Waals surface area (Å²) in [6.45, 7) is 2.10. The number of benzene rings is 2. The number of rotatable bonds is 3. The molecule has 0 saturated heterocycles. The van der Waals surface area contributed by atoms with Crippen LogP contribution in [-0.4, -0.2) is 12.1 Å². The van der Waals surface area contributed by atoms with E-state index in [0.29, 0.717) is 0 Å². The molecule has 3 nitrogen and oxygen atoms in total. The summed E-state index contributed by atoms with van der Waals surface area (Å²) in [4.78, 5) is 6.20. The van der Waals surface area contributed by atoms with Gasteiger partial charge in [0.2, 0.25) is 0 Å². The Morgan fingerprint density at radius 3 is 2.87 bits per heavy atom. The average molecular weight is 322 g/mol. The maximum Gasteiger partial charge on any atom is 0.187 e. The Kier molecular flexibility index (Phi) is 3.54. The maximum absolute atomic E-state index is 5.33. The molecular weight excluding hydrogens is 304 g/mol. The van der Waals surface area contributed by atoms with E-state index in [1.165, 1.54) is 21.6 Å². The number of hydrogen-bond donors (Lipinski definition) is 1. The molecule has 1 aromatic heterocycles. The van der Waals surface area contributed by atoms with Crippen LogP contribution in [0.2, 0.25) is 0 Å². The highest BCUT2D eigenvalue weighted by atomic mass is 32.1. The van der Waals surface area contributed by atoms with Crippen LogP contribution in [0.4, 0.5) is 10.8 Å². The molecule has 0 bridgehead atoms. The van der Waals surface area contributed by atoms with E-state index in [0.717, 1.165) is 35.1 Å². The number of hydrogen-bond acceptors (Lipinski definition) is 4. The summed E-state index contributed by atoms with van der Waals surface area (Å²) < 4.78 is 5.33. The van der Waals surface area contributed by atoms with E-state index in [9.17, 15) is 0 Å². The van der Waals surface area contributed by atoms with Crippen molar-refractivity contribution in [3.05, 3.63) is 58.5 Å². The number of aryl methyl sites for hydroxylation is 3. The summed E-state index contributed by atoms with van der Waals surface area (Å²) in [5, 5.41) is 4.40. The molecule has 4 heteroatoms. The van der Waals surface area contributed by atoms with Crippen LogP contribution in [0.15, 0.2) is 42.5 Å². The fraction of sp³-hybridized carbons (Fsp3) is 0.211. The third kappa shape index (κ3) is 2.70. The predicted molar refractivity (Wildman–Crippen MR) is 96.0 cm³/mol. The van der Waals surface area contributed by atoms with Gasteiger partial charge in [-0.15, -0.1) is 11.3 Å². The molecule has 0 unspecified atom stereocenters. The van der Waals surface area contributed by atoms with Crippen LogP contribution < -0.4 is 10.1 Å². The van der Waals surface area contributed by atoms with Crippen LogP contribution in [-0.2, 0) is 12.8 Å². The second-order valence-corrected chi connectivity index (χ2v) is 6.89. The summed E-state index contributed by atoms with van der Waals surface area (Å²) in [6.07, 6.45) is 2.09. The van der Waals surface area contributed by atoms with E-state index in [1.54, 1.807) is 18.4 Å². The largest absolute Gasteiger partial charge is 0.497 e. The fourth-order valence-corrected chi connectivity index (χ4v) is 4.01. The number of nitrogens with one attached hydrogen (secondary N) is 1. The number of fused-ring (bicyclic) bond motifs is 3. The van der Waals surface area contributed by atoms with Gasteiger partial charge >= 0.3 is 0 Å². The van der Waals surface area contributed by atoms with Gasteiger partial charge < -0.3 is 10.1 Å². The molecular formula is C19H18N2OS. The first-order valence-electron chi connectivity index (χ1n) is 7.73. The first-order valence-corrected chi connectivity index (χ1v) is 8.55.